The number of nitrogens with zero attached hydrogens (tertiary/aromatic N) is 1. The second kappa shape index (κ2) is 13.0. The number of rotatable bonds is 9. The maximum Gasteiger partial charge on any atom is 0.387 e. The third kappa shape index (κ3) is 8.71. The molecule has 0 fully saturated rings. The van der Waals surface area contributed by atoms with Crippen molar-refractivity contribution in [2.75, 3.05) is 20.7 Å². The van der Waals surface area contributed by atoms with Crippen LogP contribution in [-0.4, -0.2) is 38.4 Å². The molecular formula is C20H26F2IN3O3. The molecule has 0 radical (unpaired) electrons. The largest absolute Gasteiger partial charge is 0.508 e. The van der Waals surface area contributed by atoms with E-state index in [1.807, 2.05) is 12.1 Å². The highest BCUT2D eigenvalue weighted by atomic mass is 127. The number of aliphatic imine (C=N–C) groups is 1. The monoisotopic (exact) mass is 521 g/mol. The van der Waals surface area contributed by atoms with Crippen molar-refractivity contribution in [1.29, 1.82) is 0 Å². The summed E-state index contributed by atoms with van der Waals surface area (Å²) in [6.45, 7) is -1.97. The molecule has 0 bridgehead atoms. The van der Waals surface area contributed by atoms with E-state index in [1.54, 1.807) is 31.3 Å². The summed E-state index contributed by atoms with van der Waals surface area (Å²) in [5, 5.41) is 15.6. The lowest BCUT2D eigenvalue weighted by Crippen LogP contribution is -2.37. The van der Waals surface area contributed by atoms with Crippen LogP contribution in [0, 0.1) is 0 Å². The second-order valence-electron chi connectivity index (χ2n) is 5.97. The van der Waals surface area contributed by atoms with Gasteiger partial charge >= 0.3 is 6.61 Å². The van der Waals surface area contributed by atoms with Gasteiger partial charge in [0.1, 0.15) is 17.2 Å². The second-order valence-corrected chi connectivity index (χ2v) is 5.97. The molecule has 2 aromatic carbocycles. The van der Waals surface area contributed by atoms with E-state index in [2.05, 4.69) is 20.4 Å². The molecule has 9 heteroatoms. The molecule has 0 amide bonds. The number of methoxy groups -OCH3 is 1. The Morgan fingerprint density at radius 3 is 2.48 bits per heavy atom. The van der Waals surface area contributed by atoms with Gasteiger partial charge in [-0.25, -0.2) is 0 Å². The molecule has 0 atom stereocenters. The van der Waals surface area contributed by atoms with Crippen LogP contribution in [0.1, 0.15) is 17.5 Å². The predicted molar refractivity (Wildman–Crippen MR) is 120 cm³/mol. The van der Waals surface area contributed by atoms with Gasteiger partial charge in [-0.2, -0.15) is 8.78 Å². The minimum Gasteiger partial charge on any atom is -0.508 e. The summed E-state index contributed by atoms with van der Waals surface area (Å²) in [7, 11) is 3.15. The van der Waals surface area contributed by atoms with Crippen LogP contribution in [0.25, 0.3) is 0 Å². The maximum absolute atomic E-state index is 12.6. The van der Waals surface area contributed by atoms with Crippen molar-refractivity contribution in [3.8, 4) is 17.2 Å². The van der Waals surface area contributed by atoms with E-state index in [0.717, 1.165) is 18.4 Å². The van der Waals surface area contributed by atoms with Gasteiger partial charge in [-0.1, -0.05) is 12.1 Å². The fourth-order valence-electron chi connectivity index (χ4n) is 2.59. The number of ether oxygens (including phenoxy) is 2. The van der Waals surface area contributed by atoms with Gasteiger partial charge in [-0.05, 0) is 48.7 Å². The average Bonchev–Trinajstić information content (AvgIpc) is 2.69. The molecule has 3 N–H and O–H groups in total. The van der Waals surface area contributed by atoms with Crippen molar-refractivity contribution in [1.82, 2.24) is 10.6 Å². The molecule has 0 aliphatic carbocycles. The van der Waals surface area contributed by atoms with Gasteiger partial charge < -0.3 is 25.2 Å². The lowest BCUT2D eigenvalue weighted by molar-refractivity contribution is -0.0505. The van der Waals surface area contributed by atoms with Crippen molar-refractivity contribution in [2.45, 2.75) is 26.0 Å². The van der Waals surface area contributed by atoms with Gasteiger partial charge in [0, 0.05) is 25.7 Å². The molecule has 0 heterocycles. The zero-order chi connectivity index (χ0) is 20.4. The normalized spacial score (nSPS) is 11.0. The Morgan fingerprint density at radius 2 is 1.86 bits per heavy atom. The van der Waals surface area contributed by atoms with E-state index >= 15 is 0 Å². The Hall–Kier alpha value is -2.30. The van der Waals surface area contributed by atoms with Gasteiger partial charge in [-0.15, -0.1) is 24.0 Å². The van der Waals surface area contributed by atoms with E-state index in [4.69, 9.17) is 4.74 Å². The fourth-order valence-corrected chi connectivity index (χ4v) is 2.59. The molecule has 0 saturated heterocycles. The number of benzene rings is 2. The highest BCUT2D eigenvalue weighted by Crippen LogP contribution is 2.25. The van der Waals surface area contributed by atoms with Crippen molar-refractivity contribution in [2.24, 2.45) is 4.99 Å². The molecule has 2 aromatic rings. The smallest absolute Gasteiger partial charge is 0.387 e. The van der Waals surface area contributed by atoms with E-state index in [0.29, 0.717) is 23.8 Å². The summed E-state index contributed by atoms with van der Waals surface area (Å²) >= 11 is 0. The molecule has 0 spiro atoms. The number of hydrogen-bond acceptors (Lipinski definition) is 4. The summed E-state index contributed by atoms with van der Waals surface area (Å²) in [6, 6.07) is 11.8. The van der Waals surface area contributed by atoms with Crippen LogP contribution in [0.4, 0.5) is 8.78 Å². The minimum absolute atomic E-state index is 0. The highest BCUT2D eigenvalue weighted by Gasteiger charge is 2.11. The molecule has 160 valence electrons. The molecule has 0 saturated carbocycles. The molecule has 0 aliphatic heterocycles. The lowest BCUT2D eigenvalue weighted by Gasteiger charge is -2.15. The summed E-state index contributed by atoms with van der Waals surface area (Å²) in [5.74, 6) is 1.44. The van der Waals surface area contributed by atoms with Gasteiger partial charge in [0.15, 0.2) is 5.96 Å². The van der Waals surface area contributed by atoms with E-state index < -0.39 is 6.61 Å². The first kappa shape index (κ1) is 24.7. The number of aromatic hydroxyl groups is 1. The van der Waals surface area contributed by atoms with Crippen molar-refractivity contribution >= 4 is 29.9 Å². The number of aryl methyl sites for hydroxylation is 1. The predicted octanol–water partition coefficient (Wildman–Crippen LogP) is 3.92. The van der Waals surface area contributed by atoms with E-state index in [9.17, 15) is 13.9 Å². The minimum atomic E-state index is -2.90. The molecule has 2 rings (SSSR count). The maximum atomic E-state index is 12.6. The average molecular weight is 521 g/mol. The summed E-state index contributed by atoms with van der Waals surface area (Å²) in [4.78, 5) is 4.13. The van der Waals surface area contributed by atoms with Crippen molar-refractivity contribution in [3.05, 3.63) is 53.6 Å². The van der Waals surface area contributed by atoms with Gasteiger partial charge in [0.25, 0.3) is 0 Å². The van der Waals surface area contributed by atoms with Gasteiger partial charge in [0.2, 0.25) is 0 Å². The van der Waals surface area contributed by atoms with Crippen LogP contribution in [0.15, 0.2) is 47.5 Å². The zero-order valence-electron chi connectivity index (χ0n) is 16.3. The molecule has 0 unspecified atom stereocenters. The third-order valence-corrected chi connectivity index (χ3v) is 4.02. The van der Waals surface area contributed by atoms with Crippen molar-refractivity contribution < 1.29 is 23.4 Å². The van der Waals surface area contributed by atoms with E-state index in [1.165, 1.54) is 13.2 Å². The fraction of sp³-hybridized carbons (Fsp3) is 0.350. The first-order chi connectivity index (χ1) is 13.5. The number of guanidine groups is 1. The summed E-state index contributed by atoms with van der Waals surface area (Å²) in [6.07, 6.45) is 1.72. The molecule has 0 aromatic heterocycles. The third-order valence-electron chi connectivity index (χ3n) is 4.02. The Kier molecular flexibility index (Phi) is 11.1. The first-order valence-corrected chi connectivity index (χ1v) is 8.86. The topological polar surface area (TPSA) is 75.1 Å². The van der Waals surface area contributed by atoms with Crippen LogP contribution >= 0.6 is 24.0 Å². The lowest BCUT2D eigenvalue weighted by atomic mass is 10.1. The van der Waals surface area contributed by atoms with Crippen LogP contribution in [0.3, 0.4) is 0 Å². The number of nitrogens with one attached hydrogen (secondary N) is 2. The quantitative estimate of drug-likeness (QED) is 0.202. The SMILES string of the molecule is CN=C(NCCCc1ccc(O)cc1)NCc1cc(OC)ccc1OC(F)F.I. The standard InChI is InChI=1S/C20H25F2N3O3.HI/c1-23-20(24-11-3-4-14-5-7-16(26)8-6-14)25-13-15-12-17(27-2)9-10-18(15)28-19(21)22;/h5-10,12,19,26H,3-4,11,13H2,1-2H3,(H2,23,24,25);1H. The first-order valence-electron chi connectivity index (χ1n) is 8.86. The van der Waals surface area contributed by atoms with Crippen molar-refractivity contribution in [3.63, 3.8) is 0 Å². The molecule has 0 aliphatic rings. The zero-order valence-corrected chi connectivity index (χ0v) is 18.7. The summed E-state index contributed by atoms with van der Waals surface area (Å²) in [5.41, 5.74) is 1.67. The molecule has 29 heavy (non-hydrogen) atoms. The number of phenols is 1. The number of hydrogen-bond donors (Lipinski definition) is 3. The van der Waals surface area contributed by atoms with Crippen LogP contribution in [-0.2, 0) is 13.0 Å². The van der Waals surface area contributed by atoms with Crippen LogP contribution < -0.4 is 20.1 Å². The van der Waals surface area contributed by atoms with Gasteiger partial charge in [-0.3, -0.25) is 4.99 Å². The van der Waals surface area contributed by atoms with E-state index in [-0.39, 0.29) is 42.0 Å². The van der Waals surface area contributed by atoms with Crippen LogP contribution in [0.2, 0.25) is 0 Å². The Morgan fingerprint density at radius 1 is 1.14 bits per heavy atom. The number of halogens is 3. The Balaban J connectivity index is 0.00000420. The van der Waals surface area contributed by atoms with Gasteiger partial charge in [0.05, 0.1) is 7.11 Å². The summed E-state index contributed by atoms with van der Waals surface area (Å²) < 4.78 is 34.9. The number of phenolic OH excluding ortho intramolecular Hbond substituents is 1. The molecule has 6 nitrogen and oxygen atoms in total. The number of alkyl halides is 2. The Bertz CT molecular complexity index is 774. The molecular weight excluding hydrogens is 495 g/mol. The highest BCUT2D eigenvalue weighted by molar-refractivity contribution is 14.0. The van der Waals surface area contributed by atoms with Crippen LogP contribution in [0.5, 0.6) is 17.2 Å². The Labute approximate surface area is 186 Å².